The van der Waals surface area contributed by atoms with Crippen molar-refractivity contribution in [1.82, 2.24) is 54.8 Å². The molecule has 6 fully saturated rings. The van der Waals surface area contributed by atoms with Crippen LogP contribution in [0.2, 0.25) is 0 Å². The lowest BCUT2D eigenvalue weighted by atomic mass is 10.2. The average molecular weight is 1350 g/mol. The van der Waals surface area contributed by atoms with Crippen molar-refractivity contribution in [2.45, 2.75) is 231 Å². The Bertz CT molecular complexity index is 3550. The molecule has 4 aromatic rings. The first-order chi connectivity index (χ1) is 46.4. The molecule has 4 aromatic heterocycles. The van der Waals surface area contributed by atoms with Gasteiger partial charge in [-0.15, -0.1) is 39.5 Å². The summed E-state index contributed by atoms with van der Waals surface area (Å²) in [6.07, 6.45) is 23.0. The molecule has 30 heteroatoms. The number of hydrogen-bond acceptors (Lipinski definition) is 18. The van der Waals surface area contributed by atoms with Crippen molar-refractivity contribution in [3.63, 3.8) is 0 Å². The van der Waals surface area contributed by atoms with E-state index in [4.69, 9.17) is 28.4 Å². The number of epoxide rings is 6. The predicted molar refractivity (Wildman–Crippen MR) is 360 cm³/mol. The summed E-state index contributed by atoms with van der Waals surface area (Å²) in [7, 11) is 0. The van der Waals surface area contributed by atoms with E-state index in [0.29, 0.717) is 136 Å². The van der Waals surface area contributed by atoms with Crippen LogP contribution in [0.15, 0.2) is 133 Å². The Labute approximate surface area is 553 Å². The first-order valence-corrected chi connectivity index (χ1v) is 33.6. The van der Waals surface area contributed by atoms with Gasteiger partial charge in [0.25, 0.3) is 0 Å². The van der Waals surface area contributed by atoms with Gasteiger partial charge < -0.3 is 28.4 Å². The molecule has 6 atom stereocenters. The number of unbranched alkanes of at least 4 members (excludes halogenated alkanes) is 3. The van der Waals surface area contributed by atoms with Crippen LogP contribution in [0.25, 0.3) is 0 Å². The molecule has 0 radical (unpaired) electrons. The molecule has 0 N–H and O–H groups in total. The smallest absolute Gasteiger partial charge is 0.336 e. The zero-order valence-electron chi connectivity index (χ0n) is 55.3. The van der Waals surface area contributed by atoms with E-state index in [1.54, 1.807) is 36.5 Å². The number of aromatic nitrogens is 12. The van der Waals surface area contributed by atoms with Gasteiger partial charge in [-0.1, -0.05) is 36.5 Å². The monoisotopic (exact) mass is 1340 g/mol. The molecular weight excluding hydrogens is 1250 g/mol. The van der Waals surface area contributed by atoms with Crippen molar-refractivity contribution in [3.8, 4) is 0 Å². The fourth-order valence-electron chi connectivity index (χ4n) is 10.5. The Hall–Kier alpha value is -8.16. The summed E-state index contributed by atoms with van der Waals surface area (Å²) in [6.45, 7) is 29.2. The van der Waals surface area contributed by atoms with Gasteiger partial charge in [0.15, 0.2) is 0 Å². The molecule has 528 valence electrons. The molecule has 0 spiro atoms. The van der Waals surface area contributed by atoms with Gasteiger partial charge in [-0.05, 0) is 116 Å². The van der Waals surface area contributed by atoms with E-state index in [-0.39, 0.29) is 95.5 Å². The summed E-state index contributed by atoms with van der Waals surface area (Å²) in [5.41, 5.74) is -6.44. The van der Waals surface area contributed by atoms with E-state index >= 15 is 0 Å². The second-order valence-electron chi connectivity index (χ2n) is 24.3. The van der Waals surface area contributed by atoms with Gasteiger partial charge in [-0.3, -0.25) is 0 Å². The maximum absolute atomic E-state index is 12.8. The van der Waals surface area contributed by atoms with Crippen LogP contribution in [-0.4, -0.2) is 131 Å². The molecule has 0 aliphatic carbocycles. The van der Waals surface area contributed by atoms with Gasteiger partial charge >= 0.3 is 68.3 Å². The first-order valence-electron chi connectivity index (χ1n) is 33.6. The fraction of sp³-hybridized carbons (Fsp3) is 0.636. The summed E-state index contributed by atoms with van der Waals surface area (Å²) >= 11 is 0. The molecule has 6 aliphatic heterocycles. The normalized spacial score (nSPS) is 18.9. The minimum absolute atomic E-state index is 0.116. The third-order valence-electron chi connectivity index (χ3n) is 16.7. The summed E-state index contributed by atoms with van der Waals surface area (Å²) in [6, 6.07) is 0. The topological polar surface area (TPSA) is 339 Å². The van der Waals surface area contributed by atoms with Gasteiger partial charge in [-0.25, -0.2) is 112 Å². The number of nitrogens with zero attached hydrogens (tertiary/aromatic N) is 12. The molecule has 10 rings (SSSR count). The number of rotatable bonds is 42. The molecule has 30 nitrogen and oxygen atoms in total. The number of ether oxygens (including phenoxy) is 6. The van der Waals surface area contributed by atoms with Gasteiger partial charge in [0, 0.05) is 78.5 Å². The highest BCUT2D eigenvalue weighted by molar-refractivity contribution is 4.88. The molecule has 0 bridgehead atoms. The van der Waals surface area contributed by atoms with Crippen LogP contribution in [0.3, 0.4) is 0 Å². The van der Waals surface area contributed by atoms with Gasteiger partial charge in [-0.2, -0.15) is 0 Å². The lowest BCUT2D eigenvalue weighted by Crippen LogP contribution is -2.54. The number of hydrogen-bond donors (Lipinski definition) is 0. The highest BCUT2D eigenvalue weighted by Crippen LogP contribution is 2.18. The SMILES string of the molecule is C=CCCCn1c(=O)n(CCCC=C)c(=O)n(CCCC=C)c1=O.C=CCCn1c(=O)n(CCC=C)c(=O)n(CCC=C)c1=O.O=c1n(CCC2CO2)c(=O)n(CCC2CO2)c(=O)n1CCC1CO1.O=c1n(CCCC2CO2)c(=O)n(CCCC2CO2)c(=O)n1CCCC1CO1. The first kappa shape index (κ1) is 75.2. The van der Waals surface area contributed by atoms with E-state index in [9.17, 15) is 57.5 Å². The van der Waals surface area contributed by atoms with Crippen molar-refractivity contribution >= 4 is 0 Å². The van der Waals surface area contributed by atoms with Crippen molar-refractivity contribution in [2.75, 3.05) is 39.6 Å². The summed E-state index contributed by atoms with van der Waals surface area (Å²) < 4.78 is 44.8. The quantitative estimate of drug-likeness (QED) is 0.0342. The van der Waals surface area contributed by atoms with E-state index in [1.165, 1.54) is 13.7 Å². The van der Waals surface area contributed by atoms with E-state index < -0.39 is 68.3 Å². The van der Waals surface area contributed by atoms with Crippen LogP contribution >= 0.6 is 0 Å². The van der Waals surface area contributed by atoms with Crippen molar-refractivity contribution < 1.29 is 28.4 Å². The second kappa shape index (κ2) is 38.0. The Morgan fingerprint density at radius 2 is 0.365 bits per heavy atom. The molecule has 0 aromatic carbocycles. The summed E-state index contributed by atoms with van der Waals surface area (Å²) in [5, 5.41) is 0. The lowest BCUT2D eigenvalue weighted by Gasteiger charge is -2.13. The van der Waals surface area contributed by atoms with E-state index in [1.807, 2.05) is 0 Å². The minimum Gasteiger partial charge on any atom is -0.373 e. The van der Waals surface area contributed by atoms with Gasteiger partial charge in [0.2, 0.25) is 0 Å². The van der Waals surface area contributed by atoms with Crippen LogP contribution in [0.5, 0.6) is 0 Å². The molecule has 6 unspecified atom stereocenters. The van der Waals surface area contributed by atoms with Crippen LogP contribution in [-0.2, 0) is 107 Å². The predicted octanol–water partition coefficient (Wildman–Crippen LogP) is 1.22. The van der Waals surface area contributed by atoms with E-state index in [2.05, 4.69) is 39.5 Å². The lowest BCUT2D eigenvalue weighted by molar-refractivity contribution is 0.347. The highest BCUT2D eigenvalue weighted by Gasteiger charge is 2.29. The third-order valence-corrected chi connectivity index (χ3v) is 16.7. The summed E-state index contributed by atoms with van der Waals surface area (Å²) in [4.78, 5) is 150. The van der Waals surface area contributed by atoms with E-state index in [0.717, 1.165) is 80.2 Å². The Kier molecular flexibility index (Phi) is 29.7. The fourth-order valence-corrected chi connectivity index (χ4v) is 10.5. The molecule has 0 saturated carbocycles. The molecule has 6 aliphatic rings. The Morgan fingerprint density at radius 1 is 0.219 bits per heavy atom. The molecular formula is C66H96N12O18. The van der Waals surface area contributed by atoms with Crippen molar-refractivity contribution in [1.29, 1.82) is 0 Å². The number of allylic oxidation sites excluding steroid dienone is 6. The third kappa shape index (κ3) is 22.5. The molecule has 10 heterocycles. The van der Waals surface area contributed by atoms with Gasteiger partial charge in [0.05, 0.1) is 76.3 Å². The molecule has 6 saturated heterocycles. The maximum Gasteiger partial charge on any atom is 0.336 e. The van der Waals surface area contributed by atoms with Crippen molar-refractivity contribution in [3.05, 3.63) is 202 Å². The summed E-state index contributed by atoms with van der Waals surface area (Å²) in [5.74, 6) is 0. The van der Waals surface area contributed by atoms with Crippen LogP contribution in [0, 0.1) is 0 Å². The second-order valence-corrected chi connectivity index (χ2v) is 24.3. The Morgan fingerprint density at radius 3 is 0.531 bits per heavy atom. The van der Waals surface area contributed by atoms with Gasteiger partial charge in [0.1, 0.15) is 0 Å². The zero-order chi connectivity index (χ0) is 69.3. The minimum atomic E-state index is -0.580. The average Bonchev–Trinajstić information content (AvgIpc) is 1.15. The maximum atomic E-state index is 12.8. The van der Waals surface area contributed by atoms with Crippen LogP contribution in [0.1, 0.15) is 116 Å². The standard InChI is InChI=1S/C18H27N3O6.C18H27N3O3.C15H21N3O6.C15H21N3O3/c22-16-19(7-1-4-13-10-25-13)17(23)21(9-3-6-15-12-27-15)18(24)20(16)8-2-5-14-11-26-14;1-4-7-10-13-19-16(22)20(14-11-8-5-2)18(24)21(17(19)23)15-12-9-6-3;19-13-16(4-1-10-7-22-10)14(20)18(6-3-12-9-24-12)15(21)17(13)5-2-11-8-23-11;1-4-7-10-16-13(19)17(11-8-5-2)15(21)18(14(16)20)12-9-6-3/h13-15H,1-12H2;4-6H,1-3,7-15H2;10-12H,1-9H2;4-6H,1-3,7-12H2. The Balaban J connectivity index is 0.000000181. The largest absolute Gasteiger partial charge is 0.373 e. The van der Waals surface area contributed by atoms with Crippen molar-refractivity contribution in [2.24, 2.45) is 0 Å². The highest BCUT2D eigenvalue weighted by atomic mass is 16.6. The van der Waals surface area contributed by atoms with Crippen LogP contribution < -0.4 is 68.3 Å². The molecule has 96 heavy (non-hydrogen) atoms. The van der Waals surface area contributed by atoms with Crippen LogP contribution in [0.4, 0.5) is 0 Å². The molecule has 0 amide bonds. The zero-order valence-corrected chi connectivity index (χ0v) is 55.3.